The molecule has 0 aliphatic heterocycles. The van der Waals surface area contributed by atoms with Crippen molar-refractivity contribution in [3.63, 3.8) is 0 Å². The van der Waals surface area contributed by atoms with Crippen molar-refractivity contribution in [3.05, 3.63) is 56.4 Å². The van der Waals surface area contributed by atoms with Crippen LogP contribution in [0.1, 0.15) is 23.4 Å². The van der Waals surface area contributed by atoms with Crippen LogP contribution in [0.25, 0.3) is 0 Å². The molecule has 0 saturated carbocycles. The number of halogens is 2. The molecule has 1 atom stereocenters. The van der Waals surface area contributed by atoms with E-state index in [0.717, 1.165) is 23.0 Å². The lowest BCUT2D eigenvalue weighted by atomic mass is 10.0. The third kappa shape index (κ3) is 3.64. The van der Waals surface area contributed by atoms with Gasteiger partial charge in [0.25, 0.3) is 0 Å². The summed E-state index contributed by atoms with van der Waals surface area (Å²) in [4.78, 5) is 1.29. The van der Waals surface area contributed by atoms with Gasteiger partial charge < -0.3 is 5.32 Å². The van der Waals surface area contributed by atoms with Crippen LogP contribution in [0.5, 0.6) is 0 Å². The summed E-state index contributed by atoms with van der Waals surface area (Å²) in [6.45, 7) is 2.99. The highest BCUT2D eigenvalue weighted by molar-refractivity contribution is 9.10. The molecule has 0 saturated heterocycles. The molecule has 1 heterocycles. The largest absolute Gasteiger partial charge is 0.309 e. The van der Waals surface area contributed by atoms with Gasteiger partial charge in [-0.05, 0) is 48.2 Å². The molecule has 1 N–H and O–H groups in total. The van der Waals surface area contributed by atoms with Gasteiger partial charge in [0.05, 0.1) is 0 Å². The second-order valence-electron chi connectivity index (χ2n) is 4.11. The van der Waals surface area contributed by atoms with Gasteiger partial charge in [-0.2, -0.15) is 0 Å². The van der Waals surface area contributed by atoms with Crippen molar-refractivity contribution in [2.75, 3.05) is 6.54 Å². The number of hydrogen-bond acceptors (Lipinski definition) is 2. The van der Waals surface area contributed by atoms with E-state index in [4.69, 9.17) is 0 Å². The van der Waals surface area contributed by atoms with Gasteiger partial charge in [-0.25, -0.2) is 4.39 Å². The fourth-order valence-corrected chi connectivity index (χ4v) is 3.29. The molecule has 0 radical (unpaired) electrons. The maximum absolute atomic E-state index is 13.4. The Hall–Kier alpha value is -0.710. The summed E-state index contributed by atoms with van der Waals surface area (Å²) in [6.07, 6.45) is 0.796. The van der Waals surface area contributed by atoms with Crippen LogP contribution in [0.2, 0.25) is 0 Å². The standard InChI is InChI=1S/C14H15BrFNS/c1-2-17-13(14-4-3-5-18-14)8-10-6-11(15)9-12(16)7-10/h3-7,9,13,17H,2,8H2,1H3. The van der Waals surface area contributed by atoms with Gasteiger partial charge in [-0.1, -0.05) is 28.9 Å². The molecule has 0 bridgehead atoms. The lowest BCUT2D eigenvalue weighted by molar-refractivity contribution is 0.554. The second kappa shape index (κ2) is 6.45. The number of thiophene rings is 1. The molecule has 18 heavy (non-hydrogen) atoms. The zero-order valence-electron chi connectivity index (χ0n) is 10.1. The van der Waals surface area contributed by atoms with E-state index in [1.54, 1.807) is 17.4 Å². The average molecular weight is 328 g/mol. The second-order valence-corrected chi connectivity index (χ2v) is 6.00. The summed E-state index contributed by atoms with van der Waals surface area (Å²) in [6, 6.07) is 9.47. The molecule has 1 unspecified atom stereocenters. The first-order chi connectivity index (χ1) is 8.69. The fourth-order valence-electron chi connectivity index (χ4n) is 1.97. The van der Waals surface area contributed by atoms with Crippen molar-refractivity contribution in [2.24, 2.45) is 0 Å². The molecule has 0 aliphatic rings. The van der Waals surface area contributed by atoms with E-state index >= 15 is 0 Å². The van der Waals surface area contributed by atoms with Crippen molar-refractivity contribution < 1.29 is 4.39 Å². The van der Waals surface area contributed by atoms with Crippen LogP contribution in [-0.4, -0.2) is 6.54 Å². The average Bonchev–Trinajstić information content (AvgIpc) is 2.80. The van der Waals surface area contributed by atoms with Crippen LogP contribution in [0, 0.1) is 5.82 Å². The summed E-state index contributed by atoms with van der Waals surface area (Å²) < 4.78 is 14.1. The highest BCUT2D eigenvalue weighted by Gasteiger charge is 2.12. The van der Waals surface area contributed by atoms with E-state index in [-0.39, 0.29) is 11.9 Å². The Morgan fingerprint density at radius 3 is 2.83 bits per heavy atom. The molecular formula is C14H15BrFNS. The number of rotatable bonds is 5. The van der Waals surface area contributed by atoms with Crippen molar-refractivity contribution in [3.8, 4) is 0 Å². The summed E-state index contributed by atoms with van der Waals surface area (Å²) in [5.74, 6) is -0.194. The number of likely N-dealkylation sites (N-methyl/N-ethyl adjacent to an activating group) is 1. The minimum absolute atomic E-state index is 0.194. The SMILES string of the molecule is CCNC(Cc1cc(F)cc(Br)c1)c1cccs1. The van der Waals surface area contributed by atoms with Gasteiger partial charge in [0.2, 0.25) is 0 Å². The van der Waals surface area contributed by atoms with E-state index in [1.165, 1.54) is 10.9 Å². The first-order valence-corrected chi connectivity index (χ1v) is 7.58. The van der Waals surface area contributed by atoms with E-state index in [1.807, 2.05) is 12.1 Å². The van der Waals surface area contributed by atoms with Crippen LogP contribution in [0.15, 0.2) is 40.2 Å². The van der Waals surface area contributed by atoms with Crippen molar-refractivity contribution in [1.29, 1.82) is 0 Å². The minimum atomic E-state index is -0.194. The maximum Gasteiger partial charge on any atom is 0.124 e. The molecule has 2 aromatic rings. The van der Waals surface area contributed by atoms with E-state index in [9.17, 15) is 4.39 Å². The fraction of sp³-hybridized carbons (Fsp3) is 0.286. The Kier molecular flexibility index (Phi) is 4.92. The lowest BCUT2D eigenvalue weighted by Gasteiger charge is -2.16. The molecule has 1 aromatic carbocycles. The van der Waals surface area contributed by atoms with Crippen molar-refractivity contribution >= 4 is 27.3 Å². The van der Waals surface area contributed by atoms with E-state index < -0.39 is 0 Å². The summed E-state index contributed by atoms with van der Waals surface area (Å²) >= 11 is 5.06. The quantitative estimate of drug-likeness (QED) is 0.849. The Balaban J connectivity index is 2.18. The molecule has 0 fully saturated rings. The Labute approximate surface area is 119 Å². The Morgan fingerprint density at radius 1 is 1.39 bits per heavy atom. The van der Waals surface area contributed by atoms with Gasteiger partial charge >= 0.3 is 0 Å². The van der Waals surface area contributed by atoms with Gasteiger partial charge in [-0.15, -0.1) is 11.3 Å². The molecule has 0 amide bonds. The summed E-state index contributed by atoms with van der Waals surface area (Å²) in [7, 11) is 0. The molecule has 2 rings (SSSR count). The van der Waals surface area contributed by atoms with Crippen LogP contribution >= 0.6 is 27.3 Å². The maximum atomic E-state index is 13.4. The smallest absolute Gasteiger partial charge is 0.124 e. The van der Waals surface area contributed by atoms with Crippen LogP contribution in [-0.2, 0) is 6.42 Å². The number of benzene rings is 1. The summed E-state index contributed by atoms with van der Waals surface area (Å²) in [5.41, 5.74) is 1.00. The first kappa shape index (κ1) is 13.7. The summed E-state index contributed by atoms with van der Waals surface area (Å²) in [5, 5.41) is 5.52. The predicted octanol–water partition coefficient (Wildman–Crippen LogP) is 4.54. The zero-order valence-corrected chi connectivity index (χ0v) is 12.5. The lowest BCUT2D eigenvalue weighted by Crippen LogP contribution is -2.22. The third-order valence-electron chi connectivity index (χ3n) is 2.70. The number of nitrogens with one attached hydrogen (secondary N) is 1. The van der Waals surface area contributed by atoms with Gasteiger partial charge in [0.1, 0.15) is 5.82 Å². The monoisotopic (exact) mass is 327 g/mol. The molecule has 1 aromatic heterocycles. The van der Waals surface area contributed by atoms with Crippen molar-refractivity contribution in [2.45, 2.75) is 19.4 Å². The van der Waals surface area contributed by atoms with E-state index in [0.29, 0.717) is 0 Å². The molecule has 96 valence electrons. The van der Waals surface area contributed by atoms with Gasteiger partial charge in [0, 0.05) is 15.4 Å². The Morgan fingerprint density at radius 2 is 2.22 bits per heavy atom. The van der Waals surface area contributed by atoms with Crippen LogP contribution < -0.4 is 5.32 Å². The van der Waals surface area contributed by atoms with Crippen LogP contribution in [0.3, 0.4) is 0 Å². The molecule has 0 aliphatic carbocycles. The zero-order chi connectivity index (χ0) is 13.0. The number of hydrogen-bond donors (Lipinski definition) is 1. The predicted molar refractivity (Wildman–Crippen MR) is 78.5 cm³/mol. The highest BCUT2D eigenvalue weighted by atomic mass is 79.9. The van der Waals surface area contributed by atoms with E-state index in [2.05, 4.69) is 39.6 Å². The highest BCUT2D eigenvalue weighted by Crippen LogP contribution is 2.24. The molecular weight excluding hydrogens is 313 g/mol. The molecule has 0 spiro atoms. The van der Waals surface area contributed by atoms with Gasteiger partial charge in [0.15, 0.2) is 0 Å². The molecule has 4 heteroatoms. The minimum Gasteiger partial charge on any atom is -0.309 e. The normalized spacial score (nSPS) is 12.6. The van der Waals surface area contributed by atoms with Crippen LogP contribution in [0.4, 0.5) is 4.39 Å². The Bertz CT molecular complexity index is 478. The van der Waals surface area contributed by atoms with Crippen molar-refractivity contribution in [1.82, 2.24) is 5.32 Å². The third-order valence-corrected chi connectivity index (χ3v) is 4.14. The topological polar surface area (TPSA) is 12.0 Å². The van der Waals surface area contributed by atoms with Gasteiger partial charge in [-0.3, -0.25) is 0 Å². The molecule has 1 nitrogen and oxygen atoms in total. The first-order valence-electron chi connectivity index (χ1n) is 5.90.